The maximum absolute atomic E-state index is 12.7. The van der Waals surface area contributed by atoms with Gasteiger partial charge in [-0.3, -0.25) is 24.7 Å². The SMILES string of the molecule is Cc1cc(N[C@@H](CCC(=O)O)C(=O)O)sc1CCC1CNc2nc(NC(=O)C(C)(C)C)[nH]c(=O)c2C1. The number of aromatic amines is 1. The molecule has 1 aliphatic rings. The van der Waals surface area contributed by atoms with Gasteiger partial charge in [-0.25, -0.2) is 4.79 Å². The second-order valence-corrected chi connectivity index (χ2v) is 11.3. The molecule has 0 aliphatic carbocycles. The molecule has 36 heavy (non-hydrogen) atoms. The van der Waals surface area contributed by atoms with Crippen molar-refractivity contribution in [3.8, 4) is 0 Å². The third kappa shape index (κ3) is 7.06. The fourth-order valence-corrected chi connectivity index (χ4v) is 5.01. The number of carbonyl (C=O) groups is 3. The lowest BCUT2D eigenvalue weighted by Gasteiger charge is -2.25. The van der Waals surface area contributed by atoms with Crippen molar-refractivity contribution in [2.45, 2.75) is 65.8 Å². The van der Waals surface area contributed by atoms with E-state index in [9.17, 15) is 24.3 Å². The van der Waals surface area contributed by atoms with Gasteiger partial charge in [0.15, 0.2) is 0 Å². The highest BCUT2D eigenvalue weighted by molar-refractivity contribution is 7.16. The summed E-state index contributed by atoms with van der Waals surface area (Å²) >= 11 is 1.46. The quantitative estimate of drug-likeness (QED) is 0.276. The van der Waals surface area contributed by atoms with Crippen molar-refractivity contribution in [3.05, 3.63) is 32.4 Å². The molecule has 6 N–H and O–H groups in total. The monoisotopic (exact) mass is 519 g/mol. The van der Waals surface area contributed by atoms with Gasteiger partial charge < -0.3 is 20.8 Å². The first kappa shape index (κ1) is 27.2. The predicted molar refractivity (Wildman–Crippen MR) is 138 cm³/mol. The second-order valence-electron chi connectivity index (χ2n) is 10.1. The highest BCUT2D eigenvalue weighted by atomic mass is 32.1. The standard InChI is InChI=1S/C24H33N5O6S/c1-12-9-17(26-15(21(33)34)6-8-18(30)31)36-16(12)7-5-13-10-14-19(25-11-13)27-23(28-20(14)32)29-22(35)24(2,3)4/h9,13,15,26H,5-8,10-11H2,1-4H3,(H,30,31)(H,33,34)(H3,25,27,28,29,32,35)/t13?,15-/m0/s1. The summed E-state index contributed by atoms with van der Waals surface area (Å²) in [6.07, 6.45) is 1.91. The van der Waals surface area contributed by atoms with Gasteiger partial charge in [-0.1, -0.05) is 20.8 Å². The van der Waals surface area contributed by atoms with Gasteiger partial charge in [0.25, 0.3) is 5.56 Å². The Bertz CT molecular complexity index is 1200. The van der Waals surface area contributed by atoms with Crippen molar-refractivity contribution in [3.63, 3.8) is 0 Å². The van der Waals surface area contributed by atoms with Crippen molar-refractivity contribution in [2.24, 2.45) is 11.3 Å². The number of carboxylic acids is 2. The van der Waals surface area contributed by atoms with Crippen LogP contribution in [0.3, 0.4) is 0 Å². The number of anilines is 3. The molecule has 0 fully saturated rings. The van der Waals surface area contributed by atoms with E-state index < -0.39 is 23.4 Å². The van der Waals surface area contributed by atoms with Crippen LogP contribution in [0.15, 0.2) is 10.9 Å². The number of carboxylic acid groups (broad SMARTS) is 2. The van der Waals surface area contributed by atoms with Crippen LogP contribution in [0.4, 0.5) is 16.8 Å². The van der Waals surface area contributed by atoms with E-state index in [0.29, 0.717) is 29.3 Å². The number of hydrogen-bond donors (Lipinski definition) is 6. The van der Waals surface area contributed by atoms with Crippen LogP contribution in [-0.2, 0) is 27.2 Å². The molecule has 0 radical (unpaired) electrons. The molecule has 2 aromatic rings. The fourth-order valence-electron chi connectivity index (χ4n) is 3.86. The number of hydrogen-bond acceptors (Lipinski definition) is 8. The number of nitrogens with zero attached hydrogens (tertiary/aromatic N) is 1. The molecule has 0 aromatic carbocycles. The number of aryl methyl sites for hydroxylation is 2. The third-order valence-electron chi connectivity index (χ3n) is 6.04. The Balaban J connectivity index is 1.61. The van der Waals surface area contributed by atoms with Crippen molar-refractivity contribution >= 4 is 45.9 Å². The largest absolute Gasteiger partial charge is 0.481 e. The molecule has 0 saturated carbocycles. The molecule has 1 amide bonds. The molecule has 1 aliphatic heterocycles. The van der Waals surface area contributed by atoms with Crippen molar-refractivity contribution < 1.29 is 24.6 Å². The molecule has 2 atom stereocenters. The van der Waals surface area contributed by atoms with Gasteiger partial charge in [0.1, 0.15) is 11.9 Å². The minimum absolute atomic E-state index is 0.00567. The molecule has 1 unspecified atom stereocenters. The lowest BCUT2D eigenvalue weighted by molar-refractivity contribution is -0.139. The van der Waals surface area contributed by atoms with E-state index in [1.54, 1.807) is 20.8 Å². The minimum atomic E-state index is -1.09. The summed E-state index contributed by atoms with van der Waals surface area (Å²) in [5, 5.41) is 27.7. The number of fused-ring (bicyclic) bond motifs is 1. The normalized spacial score (nSPS) is 15.9. The predicted octanol–water partition coefficient (Wildman–Crippen LogP) is 3.07. The lowest BCUT2D eigenvalue weighted by Crippen LogP contribution is -2.33. The van der Waals surface area contributed by atoms with Crippen LogP contribution >= 0.6 is 11.3 Å². The van der Waals surface area contributed by atoms with Crippen LogP contribution in [0.2, 0.25) is 0 Å². The van der Waals surface area contributed by atoms with E-state index in [2.05, 4.69) is 25.9 Å². The van der Waals surface area contributed by atoms with Gasteiger partial charge in [0.05, 0.1) is 10.6 Å². The summed E-state index contributed by atoms with van der Waals surface area (Å²) in [5.74, 6) is -1.54. The zero-order valence-corrected chi connectivity index (χ0v) is 21.7. The number of amides is 1. The first-order chi connectivity index (χ1) is 16.8. The van der Waals surface area contributed by atoms with Gasteiger partial charge in [-0.2, -0.15) is 4.98 Å². The van der Waals surface area contributed by atoms with E-state index in [0.717, 1.165) is 23.3 Å². The average Bonchev–Trinajstić information content (AvgIpc) is 3.13. The van der Waals surface area contributed by atoms with E-state index >= 15 is 0 Å². The number of H-pyrrole nitrogens is 1. The van der Waals surface area contributed by atoms with E-state index in [1.807, 2.05) is 13.0 Å². The third-order valence-corrected chi connectivity index (χ3v) is 7.27. The zero-order valence-electron chi connectivity index (χ0n) is 20.9. The fraction of sp³-hybridized carbons (Fsp3) is 0.542. The zero-order chi connectivity index (χ0) is 26.6. The van der Waals surface area contributed by atoms with Gasteiger partial charge in [-0.15, -0.1) is 11.3 Å². The van der Waals surface area contributed by atoms with Crippen molar-refractivity contribution in [1.82, 2.24) is 9.97 Å². The molecule has 3 heterocycles. The van der Waals surface area contributed by atoms with Gasteiger partial charge in [0.2, 0.25) is 11.9 Å². The molecular weight excluding hydrogens is 486 g/mol. The van der Waals surface area contributed by atoms with Crippen LogP contribution in [0, 0.1) is 18.3 Å². The van der Waals surface area contributed by atoms with Gasteiger partial charge >= 0.3 is 11.9 Å². The summed E-state index contributed by atoms with van der Waals surface area (Å²) in [7, 11) is 0. The maximum Gasteiger partial charge on any atom is 0.326 e. The molecule has 2 aromatic heterocycles. The van der Waals surface area contributed by atoms with Crippen LogP contribution in [0.5, 0.6) is 0 Å². The minimum Gasteiger partial charge on any atom is -0.481 e. The van der Waals surface area contributed by atoms with E-state index in [4.69, 9.17) is 5.11 Å². The summed E-state index contributed by atoms with van der Waals surface area (Å²) in [6.45, 7) is 7.93. The number of aliphatic carboxylic acids is 2. The highest BCUT2D eigenvalue weighted by Gasteiger charge is 2.26. The number of rotatable bonds is 10. The number of aromatic nitrogens is 2. The lowest BCUT2D eigenvalue weighted by atomic mass is 9.92. The molecule has 3 rings (SSSR count). The smallest absolute Gasteiger partial charge is 0.326 e. The summed E-state index contributed by atoms with van der Waals surface area (Å²) in [5.41, 5.74) is 0.706. The van der Waals surface area contributed by atoms with E-state index in [1.165, 1.54) is 11.3 Å². The van der Waals surface area contributed by atoms with E-state index in [-0.39, 0.29) is 36.2 Å². The summed E-state index contributed by atoms with van der Waals surface area (Å²) < 4.78 is 0. The Morgan fingerprint density at radius 3 is 2.64 bits per heavy atom. The summed E-state index contributed by atoms with van der Waals surface area (Å²) in [6, 6.07) is 0.913. The number of nitrogens with one attached hydrogen (secondary N) is 4. The molecule has 12 heteroatoms. The molecule has 0 spiro atoms. The maximum atomic E-state index is 12.7. The van der Waals surface area contributed by atoms with Crippen LogP contribution < -0.4 is 21.5 Å². The topological polar surface area (TPSA) is 174 Å². The Hall–Kier alpha value is -3.41. The number of carbonyl (C=O) groups excluding carboxylic acids is 1. The van der Waals surface area contributed by atoms with Gasteiger partial charge in [0, 0.05) is 23.3 Å². The molecule has 0 bridgehead atoms. The first-order valence-electron chi connectivity index (χ1n) is 11.8. The Kier molecular flexibility index (Phi) is 8.39. The average molecular weight is 520 g/mol. The molecule has 11 nitrogen and oxygen atoms in total. The van der Waals surface area contributed by atoms with Crippen LogP contribution in [0.25, 0.3) is 0 Å². The van der Waals surface area contributed by atoms with Crippen molar-refractivity contribution in [1.29, 1.82) is 0 Å². The molecule has 0 saturated heterocycles. The molecular formula is C24H33N5O6S. The first-order valence-corrected chi connectivity index (χ1v) is 12.6. The number of thiophene rings is 1. The second kappa shape index (κ2) is 11.1. The molecule has 196 valence electrons. The van der Waals surface area contributed by atoms with Crippen LogP contribution in [-0.4, -0.2) is 50.6 Å². The van der Waals surface area contributed by atoms with Gasteiger partial charge in [-0.05, 0) is 50.2 Å². The summed E-state index contributed by atoms with van der Waals surface area (Å²) in [4.78, 5) is 55.3. The van der Waals surface area contributed by atoms with Crippen molar-refractivity contribution in [2.75, 3.05) is 22.5 Å². The Labute approximate surface area is 212 Å². The Morgan fingerprint density at radius 2 is 2.00 bits per heavy atom. The highest BCUT2D eigenvalue weighted by Crippen LogP contribution is 2.31. The van der Waals surface area contributed by atoms with Crippen LogP contribution in [0.1, 0.15) is 56.0 Å². The Morgan fingerprint density at radius 1 is 1.28 bits per heavy atom.